The van der Waals surface area contributed by atoms with Crippen LogP contribution >= 0.6 is 0 Å². The molecular weight excluding hydrogens is 387 g/mol. The van der Waals surface area contributed by atoms with Crippen LogP contribution in [0.5, 0.6) is 5.75 Å². The van der Waals surface area contributed by atoms with Gasteiger partial charge in [-0.2, -0.15) is 18.2 Å². The van der Waals surface area contributed by atoms with E-state index < -0.39 is 11.7 Å². The van der Waals surface area contributed by atoms with E-state index in [1.807, 2.05) is 4.90 Å². The molecule has 2 aromatic rings. The number of pyridine rings is 1. The Morgan fingerprint density at radius 2 is 1.90 bits per heavy atom. The zero-order chi connectivity index (χ0) is 20.4. The Balaban J connectivity index is 1.29. The normalized spacial score (nSPS) is 17.6. The molecule has 1 saturated heterocycles. The van der Waals surface area contributed by atoms with E-state index >= 15 is 0 Å². The van der Waals surface area contributed by atoms with Crippen LogP contribution in [0.4, 0.5) is 29.3 Å². The molecule has 0 bridgehead atoms. The lowest BCUT2D eigenvalue weighted by atomic mass is 10.1. The SMILES string of the molecule is O=C1Nc2cnccc2ON1CCN1CCN(c2cccc(C(F)(F)F)c2)CC1. The Morgan fingerprint density at radius 3 is 2.66 bits per heavy atom. The molecule has 0 aliphatic carbocycles. The number of nitrogens with one attached hydrogen (secondary N) is 1. The summed E-state index contributed by atoms with van der Waals surface area (Å²) in [6.07, 6.45) is -1.24. The number of alkyl halides is 3. The maximum Gasteiger partial charge on any atom is 0.416 e. The highest BCUT2D eigenvalue weighted by Gasteiger charge is 2.31. The van der Waals surface area contributed by atoms with E-state index in [-0.39, 0.29) is 6.03 Å². The van der Waals surface area contributed by atoms with Crippen molar-refractivity contribution in [2.24, 2.45) is 0 Å². The van der Waals surface area contributed by atoms with Crippen molar-refractivity contribution in [1.82, 2.24) is 14.9 Å². The highest BCUT2D eigenvalue weighted by molar-refractivity contribution is 5.91. The third kappa shape index (κ3) is 4.37. The molecule has 7 nitrogen and oxygen atoms in total. The topological polar surface area (TPSA) is 60.9 Å². The number of fused-ring (bicyclic) bond motifs is 1. The Morgan fingerprint density at radius 1 is 1.10 bits per heavy atom. The Hall–Kier alpha value is -3.01. The Bertz CT molecular complexity index is 884. The van der Waals surface area contributed by atoms with Gasteiger partial charge < -0.3 is 15.1 Å². The maximum atomic E-state index is 12.9. The predicted molar refractivity (Wildman–Crippen MR) is 101 cm³/mol. The van der Waals surface area contributed by atoms with Crippen molar-refractivity contribution in [3.05, 3.63) is 48.3 Å². The Labute approximate surface area is 165 Å². The fraction of sp³-hybridized carbons (Fsp3) is 0.368. The first kappa shape index (κ1) is 19.3. The lowest BCUT2D eigenvalue weighted by Gasteiger charge is -2.37. The van der Waals surface area contributed by atoms with Gasteiger partial charge in [-0.15, -0.1) is 0 Å². The molecule has 10 heteroatoms. The van der Waals surface area contributed by atoms with Crippen molar-refractivity contribution in [2.75, 3.05) is 49.5 Å². The molecule has 1 N–H and O–H groups in total. The molecule has 2 aliphatic rings. The number of halogens is 3. The standard InChI is InChI=1S/C19H20F3N5O2/c20-19(21,22)14-2-1-3-15(12-14)26-9-6-25(7-10-26)8-11-27-18(28)24-16-13-23-5-4-17(16)29-27/h1-5,12-13H,6-11H2,(H,24,28). The summed E-state index contributed by atoms with van der Waals surface area (Å²) in [6, 6.07) is 6.72. The van der Waals surface area contributed by atoms with E-state index in [9.17, 15) is 18.0 Å². The Kier molecular flexibility index (Phi) is 5.18. The molecule has 1 fully saturated rings. The second-order valence-electron chi connectivity index (χ2n) is 6.87. The number of urea groups is 1. The van der Waals surface area contributed by atoms with E-state index in [1.54, 1.807) is 18.3 Å². The number of rotatable bonds is 4. The fourth-order valence-corrected chi connectivity index (χ4v) is 3.38. The number of piperazine rings is 1. The molecule has 29 heavy (non-hydrogen) atoms. The number of aromatic nitrogens is 1. The second kappa shape index (κ2) is 7.78. The molecule has 0 atom stereocenters. The number of benzene rings is 1. The summed E-state index contributed by atoms with van der Waals surface area (Å²) in [7, 11) is 0. The fourth-order valence-electron chi connectivity index (χ4n) is 3.38. The van der Waals surface area contributed by atoms with Gasteiger partial charge in [-0.3, -0.25) is 9.88 Å². The summed E-state index contributed by atoms with van der Waals surface area (Å²) in [5.41, 5.74) is 0.466. The van der Waals surface area contributed by atoms with E-state index in [4.69, 9.17) is 4.84 Å². The summed E-state index contributed by atoms with van der Waals surface area (Å²) >= 11 is 0. The van der Waals surface area contributed by atoms with Gasteiger partial charge in [0.1, 0.15) is 5.69 Å². The minimum absolute atomic E-state index is 0.354. The van der Waals surface area contributed by atoms with Gasteiger partial charge in [0.15, 0.2) is 5.75 Å². The smallest absolute Gasteiger partial charge is 0.373 e. The van der Waals surface area contributed by atoms with E-state index in [1.165, 1.54) is 23.4 Å². The summed E-state index contributed by atoms with van der Waals surface area (Å²) in [4.78, 5) is 25.8. The van der Waals surface area contributed by atoms with Gasteiger partial charge in [-0.1, -0.05) is 6.07 Å². The monoisotopic (exact) mass is 407 g/mol. The highest BCUT2D eigenvalue weighted by Crippen LogP contribution is 2.32. The van der Waals surface area contributed by atoms with Crippen molar-refractivity contribution in [3.8, 4) is 5.75 Å². The number of anilines is 2. The number of carbonyl (C=O) groups excluding carboxylic acids is 1. The third-order valence-corrected chi connectivity index (χ3v) is 4.99. The number of hydroxylamine groups is 2. The lowest BCUT2D eigenvalue weighted by Crippen LogP contribution is -2.50. The average Bonchev–Trinajstić information content (AvgIpc) is 2.72. The van der Waals surface area contributed by atoms with Crippen LogP contribution in [0, 0.1) is 0 Å². The van der Waals surface area contributed by atoms with Crippen LogP contribution in [-0.4, -0.2) is 60.2 Å². The minimum atomic E-state index is -4.35. The van der Waals surface area contributed by atoms with Crippen LogP contribution < -0.4 is 15.1 Å². The first-order valence-electron chi connectivity index (χ1n) is 9.25. The van der Waals surface area contributed by atoms with Gasteiger partial charge in [-0.05, 0) is 18.2 Å². The minimum Gasteiger partial charge on any atom is -0.373 e. The van der Waals surface area contributed by atoms with Crippen LogP contribution in [0.1, 0.15) is 5.56 Å². The van der Waals surface area contributed by atoms with Crippen LogP contribution in [0.3, 0.4) is 0 Å². The average molecular weight is 407 g/mol. The van der Waals surface area contributed by atoms with Crippen LogP contribution in [0.2, 0.25) is 0 Å². The van der Waals surface area contributed by atoms with Crippen LogP contribution in [0.25, 0.3) is 0 Å². The van der Waals surface area contributed by atoms with Gasteiger partial charge in [0.2, 0.25) is 0 Å². The van der Waals surface area contributed by atoms with Crippen molar-refractivity contribution in [2.45, 2.75) is 6.18 Å². The molecule has 154 valence electrons. The van der Waals surface area contributed by atoms with Crippen LogP contribution in [0.15, 0.2) is 42.7 Å². The zero-order valence-corrected chi connectivity index (χ0v) is 15.5. The molecule has 0 saturated carbocycles. The summed E-state index contributed by atoms with van der Waals surface area (Å²) < 4.78 is 38.8. The number of nitrogens with zero attached hydrogens (tertiary/aromatic N) is 4. The number of hydrogen-bond donors (Lipinski definition) is 1. The van der Waals surface area contributed by atoms with Gasteiger partial charge in [-0.25, -0.2) is 4.79 Å². The predicted octanol–water partition coefficient (Wildman–Crippen LogP) is 3.06. The third-order valence-electron chi connectivity index (χ3n) is 4.99. The van der Waals surface area contributed by atoms with Gasteiger partial charge in [0, 0.05) is 50.7 Å². The quantitative estimate of drug-likeness (QED) is 0.844. The molecular formula is C19H20F3N5O2. The summed E-state index contributed by atoms with van der Waals surface area (Å²) in [5.74, 6) is 0.536. The van der Waals surface area contributed by atoms with Crippen LogP contribution in [-0.2, 0) is 6.18 Å². The molecule has 2 aliphatic heterocycles. The largest absolute Gasteiger partial charge is 0.416 e. The summed E-state index contributed by atoms with van der Waals surface area (Å²) in [5, 5.41) is 3.99. The van der Waals surface area contributed by atoms with Crippen molar-refractivity contribution in [3.63, 3.8) is 0 Å². The maximum absolute atomic E-state index is 12.9. The molecule has 3 heterocycles. The van der Waals surface area contributed by atoms with Gasteiger partial charge in [0.05, 0.1) is 18.3 Å². The molecule has 4 rings (SSSR count). The first-order chi connectivity index (χ1) is 13.9. The highest BCUT2D eigenvalue weighted by atomic mass is 19.4. The first-order valence-corrected chi connectivity index (χ1v) is 9.25. The van der Waals surface area contributed by atoms with E-state index in [0.717, 1.165) is 6.07 Å². The van der Waals surface area contributed by atoms with Crippen molar-refractivity contribution < 1.29 is 22.8 Å². The second-order valence-corrected chi connectivity index (χ2v) is 6.87. The van der Waals surface area contributed by atoms with Crippen molar-refractivity contribution in [1.29, 1.82) is 0 Å². The summed E-state index contributed by atoms with van der Waals surface area (Å²) in [6.45, 7) is 3.57. The molecule has 0 radical (unpaired) electrons. The zero-order valence-electron chi connectivity index (χ0n) is 15.5. The van der Waals surface area contributed by atoms with Gasteiger partial charge in [0.25, 0.3) is 0 Å². The van der Waals surface area contributed by atoms with E-state index in [2.05, 4.69) is 15.2 Å². The number of amides is 2. The molecule has 0 unspecified atom stereocenters. The molecule has 1 aromatic heterocycles. The van der Waals surface area contributed by atoms with Gasteiger partial charge >= 0.3 is 12.2 Å². The van der Waals surface area contributed by atoms with Crippen molar-refractivity contribution >= 4 is 17.4 Å². The van der Waals surface area contributed by atoms with E-state index in [0.29, 0.717) is 56.4 Å². The number of hydrogen-bond acceptors (Lipinski definition) is 5. The molecule has 1 aromatic carbocycles. The molecule has 0 spiro atoms. The number of carbonyl (C=O) groups is 1. The lowest BCUT2D eigenvalue weighted by molar-refractivity contribution is -0.137. The molecule has 2 amide bonds.